The molecule has 1 aromatic carbocycles. The smallest absolute Gasteiger partial charge is 0.227 e. The van der Waals surface area contributed by atoms with Crippen LogP contribution >= 0.6 is 11.6 Å². The summed E-state index contributed by atoms with van der Waals surface area (Å²) in [5.74, 6) is -0.0253. The van der Waals surface area contributed by atoms with E-state index in [-0.39, 0.29) is 18.1 Å². The predicted molar refractivity (Wildman–Crippen MR) is 63.1 cm³/mol. The van der Waals surface area contributed by atoms with E-state index >= 15 is 0 Å². The molecule has 0 aliphatic carbocycles. The number of rotatable bonds is 5. The van der Waals surface area contributed by atoms with E-state index < -0.39 is 0 Å². The molecule has 0 unspecified atom stereocenters. The predicted octanol–water partition coefficient (Wildman–Crippen LogP) is 2.46. The van der Waals surface area contributed by atoms with Crippen LogP contribution in [0.2, 0.25) is 0 Å². The largest absolute Gasteiger partial charge is 0.341 e. The van der Waals surface area contributed by atoms with Crippen LogP contribution in [0.5, 0.6) is 0 Å². The quantitative estimate of drug-likeness (QED) is 0.728. The summed E-state index contributed by atoms with van der Waals surface area (Å²) in [7, 11) is 0. The van der Waals surface area contributed by atoms with Gasteiger partial charge in [-0.25, -0.2) is 4.39 Å². The summed E-state index contributed by atoms with van der Waals surface area (Å²) < 4.78 is 13.3. The number of carbonyl (C=O) groups is 1. The van der Waals surface area contributed by atoms with Crippen LogP contribution < -0.4 is 0 Å². The van der Waals surface area contributed by atoms with E-state index in [4.69, 9.17) is 11.6 Å². The molecule has 2 nitrogen and oxygen atoms in total. The fraction of sp³-hybridized carbons (Fsp3) is 0.417. The molecule has 0 aliphatic heterocycles. The fourth-order valence-corrected chi connectivity index (χ4v) is 1.68. The van der Waals surface area contributed by atoms with Crippen molar-refractivity contribution in [2.24, 2.45) is 0 Å². The van der Waals surface area contributed by atoms with Gasteiger partial charge in [-0.3, -0.25) is 4.79 Å². The minimum absolute atomic E-state index is 0.0896. The Labute approximate surface area is 100 Å². The Morgan fingerprint density at radius 3 is 2.69 bits per heavy atom. The highest BCUT2D eigenvalue weighted by atomic mass is 35.5. The topological polar surface area (TPSA) is 20.3 Å². The Kier molecular flexibility index (Phi) is 5.26. The van der Waals surface area contributed by atoms with Crippen LogP contribution in [0.15, 0.2) is 24.3 Å². The maximum absolute atomic E-state index is 13.3. The molecule has 0 bridgehead atoms. The third kappa shape index (κ3) is 3.49. The van der Waals surface area contributed by atoms with Gasteiger partial charge in [0.15, 0.2) is 0 Å². The fourth-order valence-electron chi connectivity index (χ4n) is 1.48. The first-order valence-corrected chi connectivity index (χ1v) is 5.79. The number of alkyl halides is 1. The lowest BCUT2D eigenvalue weighted by Gasteiger charge is -2.19. The molecule has 0 saturated heterocycles. The Morgan fingerprint density at radius 1 is 1.44 bits per heavy atom. The van der Waals surface area contributed by atoms with Crippen LogP contribution in [0.4, 0.5) is 4.39 Å². The zero-order valence-electron chi connectivity index (χ0n) is 9.25. The normalized spacial score (nSPS) is 10.2. The second kappa shape index (κ2) is 6.48. The first-order valence-electron chi connectivity index (χ1n) is 5.26. The Balaban J connectivity index is 2.66. The van der Waals surface area contributed by atoms with Crippen molar-refractivity contribution in [3.8, 4) is 0 Å². The molecular weight excluding hydrogens is 229 g/mol. The van der Waals surface area contributed by atoms with E-state index in [1.54, 1.807) is 23.1 Å². The molecule has 88 valence electrons. The molecule has 0 aromatic heterocycles. The standard InChI is InChI=1S/C12H15ClFNO/c1-2-15(8-7-13)12(16)9-10-5-3-4-6-11(10)14/h3-6H,2,7-9H2,1H3. The maximum atomic E-state index is 13.3. The van der Waals surface area contributed by atoms with Crippen molar-refractivity contribution in [1.82, 2.24) is 4.90 Å². The zero-order chi connectivity index (χ0) is 12.0. The van der Waals surface area contributed by atoms with E-state index in [0.717, 1.165) is 0 Å². The summed E-state index contributed by atoms with van der Waals surface area (Å²) in [4.78, 5) is 13.4. The molecule has 0 fully saturated rings. The molecule has 16 heavy (non-hydrogen) atoms. The van der Waals surface area contributed by atoms with E-state index in [9.17, 15) is 9.18 Å². The van der Waals surface area contributed by atoms with Crippen LogP contribution in [0, 0.1) is 5.82 Å². The van der Waals surface area contributed by atoms with Gasteiger partial charge in [0.25, 0.3) is 0 Å². The molecule has 0 spiro atoms. The van der Waals surface area contributed by atoms with Gasteiger partial charge in [0, 0.05) is 19.0 Å². The summed E-state index contributed by atoms with van der Waals surface area (Å²) in [6.45, 7) is 2.98. The van der Waals surface area contributed by atoms with E-state index in [0.29, 0.717) is 24.5 Å². The number of hydrogen-bond donors (Lipinski definition) is 0. The van der Waals surface area contributed by atoms with Gasteiger partial charge in [-0.05, 0) is 18.6 Å². The second-order valence-electron chi connectivity index (χ2n) is 3.43. The summed E-state index contributed by atoms with van der Waals surface area (Å²) in [5.41, 5.74) is 0.431. The molecule has 1 amide bonds. The number of hydrogen-bond acceptors (Lipinski definition) is 1. The lowest BCUT2D eigenvalue weighted by Crippen LogP contribution is -2.33. The molecule has 0 atom stereocenters. The summed E-state index contributed by atoms with van der Waals surface area (Å²) in [5, 5.41) is 0. The van der Waals surface area contributed by atoms with Gasteiger partial charge in [0.1, 0.15) is 5.82 Å². The highest BCUT2D eigenvalue weighted by Crippen LogP contribution is 2.08. The van der Waals surface area contributed by atoms with Crippen LogP contribution in [-0.4, -0.2) is 29.8 Å². The number of halogens is 2. The third-order valence-corrected chi connectivity index (χ3v) is 2.56. The van der Waals surface area contributed by atoms with Gasteiger partial charge in [-0.2, -0.15) is 0 Å². The number of carbonyl (C=O) groups excluding carboxylic acids is 1. The summed E-state index contributed by atoms with van der Waals surface area (Å²) >= 11 is 5.59. The van der Waals surface area contributed by atoms with Crippen molar-refractivity contribution in [3.05, 3.63) is 35.6 Å². The average molecular weight is 244 g/mol. The van der Waals surface area contributed by atoms with Gasteiger partial charge in [0.05, 0.1) is 6.42 Å². The molecule has 0 radical (unpaired) electrons. The van der Waals surface area contributed by atoms with E-state index in [1.165, 1.54) is 6.07 Å². The van der Waals surface area contributed by atoms with Crippen LogP contribution in [0.3, 0.4) is 0 Å². The van der Waals surface area contributed by atoms with Gasteiger partial charge in [0.2, 0.25) is 5.91 Å². The molecular formula is C12H15ClFNO. The highest BCUT2D eigenvalue weighted by molar-refractivity contribution is 6.18. The summed E-state index contributed by atoms with van der Waals surface area (Å²) in [6.07, 6.45) is 0.0946. The van der Waals surface area contributed by atoms with Crippen molar-refractivity contribution in [1.29, 1.82) is 0 Å². The monoisotopic (exact) mass is 243 g/mol. The molecule has 0 saturated carbocycles. The first-order chi connectivity index (χ1) is 7.69. The molecule has 0 heterocycles. The van der Waals surface area contributed by atoms with Crippen molar-refractivity contribution >= 4 is 17.5 Å². The van der Waals surface area contributed by atoms with Crippen LogP contribution in [-0.2, 0) is 11.2 Å². The summed E-state index contributed by atoms with van der Waals surface area (Å²) in [6, 6.07) is 6.32. The third-order valence-electron chi connectivity index (χ3n) is 2.39. The zero-order valence-corrected chi connectivity index (χ0v) is 10.0. The van der Waals surface area contributed by atoms with Gasteiger partial charge in [-0.1, -0.05) is 18.2 Å². The lowest BCUT2D eigenvalue weighted by atomic mass is 10.1. The average Bonchev–Trinajstić information content (AvgIpc) is 2.29. The maximum Gasteiger partial charge on any atom is 0.227 e. The van der Waals surface area contributed by atoms with Crippen molar-refractivity contribution in [2.45, 2.75) is 13.3 Å². The Hall–Kier alpha value is -1.09. The number of benzene rings is 1. The number of likely N-dealkylation sites (N-methyl/N-ethyl adjacent to an activating group) is 1. The van der Waals surface area contributed by atoms with Gasteiger partial charge in [-0.15, -0.1) is 11.6 Å². The van der Waals surface area contributed by atoms with Crippen LogP contribution in [0.1, 0.15) is 12.5 Å². The number of nitrogens with zero attached hydrogens (tertiary/aromatic N) is 1. The van der Waals surface area contributed by atoms with Gasteiger partial charge < -0.3 is 4.90 Å². The van der Waals surface area contributed by atoms with Crippen LogP contribution in [0.25, 0.3) is 0 Å². The number of amides is 1. The van der Waals surface area contributed by atoms with E-state index in [2.05, 4.69) is 0 Å². The lowest BCUT2D eigenvalue weighted by molar-refractivity contribution is -0.130. The molecule has 0 N–H and O–H groups in total. The minimum atomic E-state index is -0.335. The Morgan fingerprint density at radius 2 is 2.12 bits per heavy atom. The Bertz CT molecular complexity index is 357. The molecule has 4 heteroatoms. The molecule has 1 aromatic rings. The van der Waals surface area contributed by atoms with Crippen molar-refractivity contribution in [2.75, 3.05) is 19.0 Å². The van der Waals surface area contributed by atoms with Gasteiger partial charge >= 0.3 is 0 Å². The van der Waals surface area contributed by atoms with E-state index in [1.807, 2.05) is 6.92 Å². The molecule has 1 rings (SSSR count). The first kappa shape index (κ1) is 13.0. The second-order valence-corrected chi connectivity index (χ2v) is 3.81. The minimum Gasteiger partial charge on any atom is -0.341 e. The van der Waals surface area contributed by atoms with Crippen molar-refractivity contribution < 1.29 is 9.18 Å². The van der Waals surface area contributed by atoms with Crippen molar-refractivity contribution in [3.63, 3.8) is 0 Å². The highest BCUT2D eigenvalue weighted by Gasteiger charge is 2.13. The SMILES string of the molecule is CCN(CCCl)C(=O)Cc1ccccc1F. The molecule has 0 aliphatic rings.